The molecule has 2 aromatic rings. The molecule has 1 atom stereocenters. The Hall–Kier alpha value is -2.01. The van der Waals surface area contributed by atoms with E-state index in [9.17, 15) is 4.79 Å². The second kappa shape index (κ2) is 5.24. The van der Waals surface area contributed by atoms with E-state index in [-0.39, 0.29) is 11.3 Å². The Morgan fingerprint density at radius 3 is 2.67 bits per heavy atom. The number of hydrogen-bond donors (Lipinski definition) is 0. The SMILES string of the molecule is O=C(c1nc2ccccc2nc1C1CC1)N1CCC2(CCOC2)C1. The van der Waals surface area contributed by atoms with Crippen molar-refractivity contribution in [2.24, 2.45) is 5.41 Å². The molecule has 0 N–H and O–H groups in total. The molecule has 1 spiro atoms. The first-order chi connectivity index (χ1) is 11.7. The first-order valence-corrected chi connectivity index (χ1v) is 8.88. The van der Waals surface area contributed by atoms with Gasteiger partial charge in [0.15, 0.2) is 5.69 Å². The van der Waals surface area contributed by atoms with Crippen molar-refractivity contribution in [3.63, 3.8) is 0 Å². The van der Waals surface area contributed by atoms with Gasteiger partial charge in [-0.05, 0) is 37.8 Å². The number of carbonyl (C=O) groups is 1. The molecular weight excluding hydrogens is 302 g/mol. The van der Waals surface area contributed by atoms with Gasteiger partial charge in [-0.1, -0.05) is 12.1 Å². The molecule has 1 amide bonds. The zero-order valence-electron chi connectivity index (χ0n) is 13.7. The molecule has 5 rings (SSSR count). The Labute approximate surface area is 141 Å². The van der Waals surface area contributed by atoms with Gasteiger partial charge in [0.25, 0.3) is 5.91 Å². The summed E-state index contributed by atoms with van der Waals surface area (Å²) in [5, 5.41) is 0. The second-order valence-electron chi connectivity index (χ2n) is 7.50. The maximum Gasteiger partial charge on any atom is 0.274 e. The third kappa shape index (κ3) is 2.30. The second-order valence-corrected chi connectivity index (χ2v) is 7.50. The minimum Gasteiger partial charge on any atom is -0.381 e. The van der Waals surface area contributed by atoms with Gasteiger partial charge < -0.3 is 9.64 Å². The van der Waals surface area contributed by atoms with Crippen LogP contribution in [-0.4, -0.2) is 47.1 Å². The van der Waals surface area contributed by atoms with Crippen LogP contribution in [0.2, 0.25) is 0 Å². The van der Waals surface area contributed by atoms with Gasteiger partial charge in [-0.25, -0.2) is 9.97 Å². The molecule has 124 valence electrons. The van der Waals surface area contributed by atoms with Crippen molar-refractivity contribution in [1.82, 2.24) is 14.9 Å². The van der Waals surface area contributed by atoms with E-state index in [0.717, 1.165) is 68.7 Å². The number of ether oxygens (including phenoxy) is 1. The lowest BCUT2D eigenvalue weighted by molar-refractivity contribution is 0.0758. The molecule has 24 heavy (non-hydrogen) atoms. The summed E-state index contributed by atoms with van der Waals surface area (Å²) in [4.78, 5) is 24.6. The molecule has 1 unspecified atom stereocenters. The fraction of sp³-hybridized carbons (Fsp3) is 0.526. The minimum atomic E-state index is 0.0546. The molecule has 1 aromatic carbocycles. The van der Waals surface area contributed by atoms with Crippen LogP contribution in [0.4, 0.5) is 0 Å². The maximum absolute atomic E-state index is 13.2. The van der Waals surface area contributed by atoms with Crippen LogP contribution in [0, 0.1) is 5.41 Å². The summed E-state index contributed by atoms with van der Waals surface area (Å²) in [6, 6.07) is 7.83. The predicted octanol–water partition coefficient (Wildman–Crippen LogP) is 2.76. The number of benzene rings is 1. The number of para-hydroxylation sites is 2. The van der Waals surface area contributed by atoms with Gasteiger partial charge in [-0.2, -0.15) is 0 Å². The van der Waals surface area contributed by atoms with Crippen molar-refractivity contribution in [3.8, 4) is 0 Å². The molecule has 2 saturated heterocycles. The highest BCUT2D eigenvalue weighted by Gasteiger charge is 2.44. The van der Waals surface area contributed by atoms with Crippen molar-refractivity contribution in [1.29, 1.82) is 0 Å². The Morgan fingerprint density at radius 2 is 1.96 bits per heavy atom. The zero-order valence-corrected chi connectivity index (χ0v) is 13.7. The highest BCUT2D eigenvalue weighted by molar-refractivity contribution is 5.95. The molecule has 3 fully saturated rings. The maximum atomic E-state index is 13.2. The summed E-state index contributed by atoms with van der Waals surface area (Å²) < 4.78 is 5.58. The molecule has 3 heterocycles. The number of fused-ring (bicyclic) bond motifs is 1. The van der Waals surface area contributed by atoms with E-state index in [0.29, 0.717) is 11.6 Å². The molecule has 2 aliphatic heterocycles. The zero-order chi connectivity index (χ0) is 16.1. The van der Waals surface area contributed by atoms with Crippen LogP contribution < -0.4 is 0 Å². The number of carbonyl (C=O) groups excluding carboxylic acids is 1. The molecule has 5 nitrogen and oxygen atoms in total. The summed E-state index contributed by atoms with van der Waals surface area (Å²) >= 11 is 0. The van der Waals surface area contributed by atoms with E-state index in [1.165, 1.54) is 0 Å². The van der Waals surface area contributed by atoms with E-state index in [1.807, 2.05) is 29.2 Å². The van der Waals surface area contributed by atoms with Crippen LogP contribution in [0.25, 0.3) is 11.0 Å². The average Bonchev–Trinajstić information content (AvgIpc) is 3.23. The normalized spacial score (nSPS) is 26.6. The lowest BCUT2D eigenvalue weighted by atomic mass is 9.87. The monoisotopic (exact) mass is 323 g/mol. The molecule has 1 aliphatic carbocycles. The van der Waals surface area contributed by atoms with E-state index in [4.69, 9.17) is 14.7 Å². The fourth-order valence-electron chi connectivity index (χ4n) is 4.04. The predicted molar refractivity (Wildman–Crippen MR) is 89.9 cm³/mol. The topological polar surface area (TPSA) is 55.3 Å². The largest absolute Gasteiger partial charge is 0.381 e. The van der Waals surface area contributed by atoms with Gasteiger partial charge in [0.2, 0.25) is 0 Å². The van der Waals surface area contributed by atoms with Crippen molar-refractivity contribution < 1.29 is 9.53 Å². The summed E-state index contributed by atoms with van der Waals surface area (Å²) in [6.07, 6.45) is 4.34. The summed E-state index contributed by atoms with van der Waals surface area (Å²) in [6.45, 7) is 3.21. The molecule has 3 aliphatic rings. The molecule has 0 bridgehead atoms. The van der Waals surface area contributed by atoms with E-state index in [1.54, 1.807) is 0 Å². The Morgan fingerprint density at radius 1 is 1.17 bits per heavy atom. The van der Waals surface area contributed by atoms with E-state index >= 15 is 0 Å². The van der Waals surface area contributed by atoms with Crippen LogP contribution in [0.5, 0.6) is 0 Å². The number of rotatable bonds is 2. The number of hydrogen-bond acceptors (Lipinski definition) is 4. The minimum absolute atomic E-state index is 0.0546. The van der Waals surface area contributed by atoms with Gasteiger partial charge in [0.1, 0.15) is 0 Å². The van der Waals surface area contributed by atoms with Gasteiger partial charge in [0.05, 0.1) is 23.3 Å². The van der Waals surface area contributed by atoms with Crippen LogP contribution in [0.15, 0.2) is 24.3 Å². The highest BCUT2D eigenvalue weighted by atomic mass is 16.5. The fourth-order valence-corrected chi connectivity index (χ4v) is 4.04. The number of nitrogens with zero attached hydrogens (tertiary/aromatic N) is 3. The van der Waals surface area contributed by atoms with Crippen LogP contribution in [-0.2, 0) is 4.74 Å². The number of aromatic nitrogens is 2. The van der Waals surface area contributed by atoms with Crippen LogP contribution >= 0.6 is 0 Å². The molecular formula is C19H21N3O2. The molecule has 1 saturated carbocycles. The summed E-state index contributed by atoms with van der Waals surface area (Å²) in [5.41, 5.74) is 3.36. The molecule has 1 aromatic heterocycles. The van der Waals surface area contributed by atoms with E-state index < -0.39 is 0 Å². The standard InChI is InChI=1S/C19H21N3O2/c23-18(22-9-7-19(11-22)8-10-24-12-19)17-16(13-5-6-13)20-14-3-1-2-4-15(14)21-17/h1-4,13H,5-12H2. The van der Waals surface area contributed by atoms with Crippen LogP contribution in [0.1, 0.15) is 47.8 Å². The lowest BCUT2D eigenvalue weighted by Gasteiger charge is -2.22. The molecule has 0 radical (unpaired) electrons. The molecule has 5 heteroatoms. The third-order valence-electron chi connectivity index (χ3n) is 5.67. The first kappa shape index (κ1) is 14.3. The Balaban J connectivity index is 1.51. The Bertz CT molecular complexity index is 809. The summed E-state index contributed by atoms with van der Waals surface area (Å²) in [7, 11) is 0. The van der Waals surface area contributed by atoms with Crippen molar-refractivity contribution >= 4 is 16.9 Å². The third-order valence-corrected chi connectivity index (χ3v) is 5.67. The highest BCUT2D eigenvalue weighted by Crippen LogP contribution is 2.42. The van der Waals surface area contributed by atoms with Crippen molar-refractivity contribution in [2.45, 2.75) is 31.6 Å². The van der Waals surface area contributed by atoms with Gasteiger partial charge in [-0.15, -0.1) is 0 Å². The number of likely N-dealkylation sites (tertiary alicyclic amines) is 1. The van der Waals surface area contributed by atoms with Crippen molar-refractivity contribution in [2.75, 3.05) is 26.3 Å². The Kier molecular flexibility index (Phi) is 3.13. The average molecular weight is 323 g/mol. The van der Waals surface area contributed by atoms with Gasteiger partial charge in [-0.3, -0.25) is 4.79 Å². The smallest absolute Gasteiger partial charge is 0.274 e. The van der Waals surface area contributed by atoms with E-state index in [2.05, 4.69) is 0 Å². The van der Waals surface area contributed by atoms with Crippen LogP contribution in [0.3, 0.4) is 0 Å². The van der Waals surface area contributed by atoms with Gasteiger partial charge in [0, 0.05) is 31.0 Å². The first-order valence-electron chi connectivity index (χ1n) is 8.88. The quantitative estimate of drug-likeness (QED) is 0.853. The number of amides is 1. The lowest BCUT2D eigenvalue weighted by Crippen LogP contribution is -2.33. The van der Waals surface area contributed by atoms with Crippen molar-refractivity contribution in [3.05, 3.63) is 35.7 Å². The summed E-state index contributed by atoms with van der Waals surface area (Å²) in [5.74, 6) is 0.464. The van der Waals surface area contributed by atoms with Gasteiger partial charge >= 0.3 is 0 Å².